The number of carbonyl (C=O) groups excluding carboxylic acids is 1. The van der Waals surface area contributed by atoms with E-state index in [2.05, 4.69) is 74.6 Å². The number of fused-ring (bicyclic) bond motifs is 1. The lowest BCUT2D eigenvalue weighted by atomic mass is 9.97. The zero-order valence-corrected chi connectivity index (χ0v) is 16.6. The van der Waals surface area contributed by atoms with Crippen LogP contribution in [0.4, 0.5) is 11.4 Å². The Morgan fingerprint density at radius 3 is 2.32 bits per heavy atom. The Morgan fingerprint density at radius 2 is 1.64 bits per heavy atom. The second kappa shape index (κ2) is 7.51. The number of carbonyl (C=O) groups is 1. The van der Waals surface area contributed by atoms with Crippen molar-refractivity contribution in [2.45, 2.75) is 39.3 Å². The largest absolute Gasteiger partial charge is 0.360 e. The highest BCUT2D eigenvalue weighted by Crippen LogP contribution is 2.37. The molecule has 3 aromatic carbocycles. The normalized spacial score (nSPS) is 17.0. The van der Waals surface area contributed by atoms with Gasteiger partial charge in [-0.15, -0.1) is 0 Å². The Labute approximate surface area is 167 Å². The predicted molar refractivity (Wildman–Crippen MR) is 116 cm³/mol. The Morgan fingerprint density at radius 1 is 0.964 bits per heavy atom. The quantitative estimate of drug-likeness (QED) is 0.586. The van der Waals surface area contributed by atoms with Crippen molar-refractivity contribution in [2.24, 2.45) is 0 Å². The molecule has 2 atom stereocenters. The van der Waals surface area contributed by atoms with Gasteiger partial charge < -0.3 is 5.32 Å². The number of benzene rings is 3. The van der Waals surface area contributed by atoms with Crippen LogP contribution in [0.5, 0.6) is 0 Å². The van der Waals surface area contributed by atoms with E-state index in [9.17, 15) is 4.79 Å². The lowest BCUT2D eigenvalue weighted by Crippen LogP contribution is -2.43. The van der Waals surface area contributed by atoms with Gasteiger partial charge in [-0.05, 0) is 54.7 Å². The number of rotatable bonds is 4. The summed E-state index contributed by atoms with van der Waals surface area (Å²) >= 11 is 0. The molecule has 3 aromatic rings. The van der Waals surface area contributed by atoms with Crippen LogP contribution in [0.3, 0.4) is 0 Å². The molecule has 1 aliphatic rings. The van der Waals surface area contributed by atoms with Crippen LogP contribution in [0.15, 0.2) is 72.8 Å². The molecule has 0 spiro atoms. The van der Waals surface area contributed by atoms with E-state index in [1.807, 2.05) is 29.2 Å². The van der Waals surface area contributed by atoms with Crippen LogP contribution in [0, 0.1) is 6.92 Å². The van der Waals surface area contributed by atoms with E-state index in [0.717, 1.165) is 23.4 Å². The maximum atomic E-state index is 13.4. The molecule has 0 fully saturated rings. The summed E-state index contributed by atoms with van der Waals surface area (Å²) in [6.45, 7) is 6.50. The summed E-state index contributed by atoms with van der Waals surface area (Å²) in [6, 6.07) is 24.5. The van der Waals surface area contributed by atoms with Crippen molar-refractivity contribution in [3.05, 3.63) is 95.1 Å². The van der Waals surface area contributed by atoms with Crippen molar-refractivity contribution < 1.29 is 4.79 Å². The first-order valence-electron chi connectivity index (χ1n) is 9.94. The smallest absolute Gasteiger partial charge is 0.262 e. The molecule has 0 saturated carbocycles. The molecule has 0 saturated heterocycles. The summed E-state index contributed by atoms with van der Waals surface area (Å²) in [5.41, 5.74) is 6.07. The van der Waals surface area contributed by atoms with Gasteiger partial charge in [-0.25, -0.2) is 0 Å². The van der Waals surface area contributed by atoms with Crippen LogP contribution in [-0.4, -0.2) is 5.91 Å². The Hall–Kier alpha value is -3.07. The molecular formula is C25H26N2O. The molecule has 0 radical (unpaired) electrons. The zero-order valence-electron chi connectivity index (χ0n) is 16.6. The standard InChI is InChI=1S/C25H26N2O/c1-4-18(3)19-13-15-21(16-14-19)27-24(20-11-9-17(2)10-12-20)26-23-8-6-5-7-22(23)25(27)28/h5-16,18,24,26H,4H2,1-3H3/t18-,24-/m0/s1. The van der Waals surface area contributed by atoms with Crippen molar-refractivity contribution in [3.63, 3.8) is 0 Å². The average Bonchev–Trinajstić information content (AvgIpc) is 2.74. The molecule has 4 rings (SSSR count). The van der Waals surface area contributed by atoms with Crippen molar-refractivity contribution >= 4 is 17.3 Å². The minimum Gasteiger partial charge on any atom is -0.360 e. The maximum absolute atomic E-state index is 13.4. The fraction of sp³-hybridized carbons (Fsp3) is 0.240. The summed E-state index contributed by atoms with van der Waals surface area (Å²) in [4.78, 5) is 15.3. The maximum Gasteiger partial charge on any atom is 0.262 e. The van der Waals surface area contributed by atoms with E-state index in [-0.39, 0.29) is 12.1 Å². The zero-order chi connectivity index (χ0) is 19.7. The first-order valence-corrected chi connectivity index (χ1v) is 9.94. The number of nitrogens with one attached hydrogen (secondary N) is 1. The molecule has 142 valence electrons. The minimum atomic E-state index is -0.238. The number of para-hydroxylation sites is 1. The van der Waals surface area contributed by atoms with Gasteiger partial charge in [-0.2, -0.15) is 0 Å². The molecule has 1 aliphatic heterocycles. The average molecular weight is 370 g/mol. The van der Waals surface area contributed by atoms with Crippen molar-refractivity contribution in [2.75, 3.05) is 10.2 Å². The van der Waals surface area contributed by atoms with Gasteiger partial charge >= 0.3 is 0 Å². The van der Waals surface area contributed by atoms with Crippen LogP contribution in [0.25, 0.3) is 0 Å². The summed E-state index contributed by atoms with van der Waals surface area (Å²) in [6.07, 6.45) is 0.862. The molecule has 1 N–H and O–H groups in total. The van der Waals surface area contributed by atoms with Crippen LogP contribution in [-0.2, 0) is 0 Å². The number of anilines is 2. The van der Waals surface area contributed by atoms with E-state index in [1.54, 1.807) is 0 Å². The Bertz CT molecular complexity index is 976. The van der Waals surface area contributed by atoms with Crippen molar-refractivity contribution in [1.29, 1.82) is 0 Å². The van der Waals surface area contributed by atoms with E-state index in [0.29, 0.717) is 11.5 Å². The summed E-state index contributed by atoms with van der Waals surface area (Å²) in [5.74, 6) is 0.536. The monoisotopic (exact) mass is 370 g/mol. The molecule has 0 unspecified atom stereocenters. The third kappa shape index (κ3) is 3.29. The topological polar surface area (TPSA) is 32.3 Å². The van der Waals surface area contributed by atoms with Gasteiger partial charge in [-0.3, -0.25) is 9.69 Å². The number of hydrogen-bond acceptors (Lipinski definition) is 2. The first-order chi connectivity index (χ1) is 13.6. The number of nitrogens with zero attached hydrogens (tertiary/aromatic N) is 1. The van der Waals surface area contributed by atoms with E-state index in [4.69, 9.17) is 0 Å². The van der Waals surface area contributed by atoms with Crippen molar-refractivity contribution in [3.8, 4) is 0 Å². The molecule has 0 aromatic heterocycles. The molecule has 3 nitrogen and oxygen atoms in total. The molecule has 3 heteroatoms. The summed E-state index contributed by atoms with van der Waals surface area (Å²) in [7, 11) is 0. The Kier molecular flexibility index (Phi) is 4.91. The van der Waals surface area contributed by atoms with E-state index >= 15 is 0 Å². The molecule has 1 heterocycles. The highest BCUT2D eigenvalue weighted by molar-refractivity contribution is 6.12. The molecular weight excluding hydrogens is 344 g/mol. The number of amides is 1. The Balaban J connectivity index is 1.78. The third-order valence-corrected chi connectivity index (χ3v) is 5.67. The molecule has 0 aliphatic carbocycles. The third-order valence-electron chi connectivity index (χ3n) is 5.67. The summed E-state index contributed by atoms with van der Waals surface area (Å²) < 4.78 is 0. The van der Waals surface area contributed by atoms with E-state index in [1.165, 1.54) is 11.1 Å². The highest BCUT2D eigenvalue weighted by Gasteiger charge is 2.33. The highest BCUT2D eigenvalue weighted by atomic mass is 16.2. The first kappa shape index (κ1) is 18.3. The van der Waals surface area contributed by atoms with Crippen LogP contribution >= 0.6 is 0 Å². The second-order valence-electron chi connectivity index (χ2n) is 7.58. The van der Waals surface area contributed by atoms with Gasteiger partial charge in [0.15, 0.2) is 0 Å². The predicted octanol–water partition coefficient (Wildman–Crippen LogP) is 6.28. The second-order valence-corrected chi connectivity index (χ2v) is 7.58. The van der Waals surface area contributed by atoms with Gasteiger partial charge in [0.2, 0.25) is 0 Å². The van der Waals surface area contributed by atoms with Gasteiger partial charge in [-0.1, -0.05) is 67.9 Å². The molecule has 28 heavy (non-hydrogen) atoms. The van der Waals surface area contributed by atoms with Gasteiger partial charge in [0, 0.05) is 11.4 Å². The van der Waals surface area contributed by atoms with Gasteiger partial charge in [0.1, 0.15) is 6.17 Å². The van der Waals surface area contributed by atoms with Gasteiger partial charge in [0.05, 0.1) is 5.56 Å². The fourth-order valence-electron chi connectivity index (χ4n) is 3.70. The van der Waals surface area contributed by atoms with Crippen LogP contribution < -0.4 is 10.2 Å². The number of aryl methyl sites for hydroxylation is 1. The van der Waals surface area contributed by atoms with Gasteiger partial charge in [0.25, 0.3) is 5.91 Å². The minimum absolute atomic E-state index is 0.0243. The van der Waals surface area contributed by atoms with Crippen LogP contribution in [0.2, 0.25) is 0 Å². The fourth-order valence-corrected chi connectivity index (χ4v) is 3.70. The molecule has 0 bridgehead atoms. The summed E-state index contributed by atoms with van der Waals surface area (Å²) in [5, 5.41) is 3.57. The van der Waals surface area contributed by atoms with Crippen LogP contribution in [0.1, 0.15) is 59.4 Å². The van der Waals surface area contributed by atoms with E-state index < -0.39 is 0 Å². The molecule has 1 amide bonds. The lowest BCUT2D eigenvalue weighted by molar-refractivity contribution is 0.0975. The SMILES string of the molecule is CC[C@H](C)c1ccc(N2C(=O)c3ccccc3N[C@@H]2c2ccc(C)cc2)cc1. The lowest BCUT2D eigenvalue weighted by Gasteiger charge is -2.38. The van der Waals surface area contributed by atoms with Crippen molar-refractivity contribution in [1.82, 2.24) is 0 Å². The number of hydrogen-bond donors (Lipinski definition) is 1.